The first-order valence-corrected chi connectivity index (χ1v) is 11.5. The highest BCUT2D eigenvalue weighted by molar-refractivity contribution is 6.30. The fraction of sp³-hybridized carbons (Fsp3) is 0.143. The second-order valence-corrected chi connectivity index (χ2v) is 8.89. The summed E-state index contributed by atoms with van der Waals surface area (Å²) in [4.78, 5) is 17.9. The maximum atomic E-state index is 13.7. The number of halogens is 4. The quantitative estimate of drug-likeness (QED) is 0.285. The molecule has 184 valence electrons. The molecule has 0 bridgehead atoms. The van der Waals surface area contributed by atoms with E-state index in [0.717, 1.165) is 23.3 Å². The average Bonchev–Trinajstić information content (AvgIpc) is 2.84. The lowest BCUT2D eigenvalue weighted by Crippen LogP contribution is -2.50. The van der Waals surface area contributed by atoms with Crippen LogP contribution in [-0.2, 0) is 18.1 Å². The van der Waals surface area contributed by atoms with Gasteiger partial charge in [-0.15, -0.1) is 0 Å². The van der Waals surface area contributed by atoms with Crippen LogP contribution in [0.25, 0.3) is 0 Å². The summed E-state index contributed by atoms with van der Waals surface area (Å²) in [6, 6.07) is 23.7. The number of carbonyl (C=O) groups is 1. The summed E-state index contributed by atoms with van der Waals surface area (Å²) < 4.78 is 41.1. The van der Waals surface area contributed by atoms with Crippen molar-refractivity contribution in [2.24, 2.45) is 0 Å². The molecular weight excluding hydrogens is 487 g/mol. The molecule has 0 aliphatic heterocycles. The number of aromatic nitrogens is 1. The van der Waals surface area contributed by atoms with Gasteiger partial charge in [0.1, 0.15) is 5.54 Å². The maximum absolute atomic E-state index is 13.7. The van der Waals surface area contributed by atoms with Crippen molar-refractivity contribution in [3.63, 3.8) is 0 Å². The van der Waals surface area contributed by atoms with E-state index < -0.39 is 23.3 Å². The fourth-order valence-electron chi connectivity index (χ4n) is 4.03. The Morgan fingerprint density at radius 2 is 1.61 bits per heavy atom. The van der Waals surface area contributed by atoms with Gasteiger partial charge in [0, 0.05) is 23.3 Å². The van der Waals surface area contributed by atoms with Gasteiger partial charge in [-0.2, -0.15) is 13.2 Å². The molecule has 4 rings (SSSR count). The number of carbonyl (C=O) groups excluding carboxylic acids is 1. The van der Waals surface area contributed by atoms with Gasteiger partial charge in [0.2, 0.25) is 0 Å². The van der Waals surface area contributed by atoms with Crippen molar-refractivity contribution in [2.75, 3.05) is 5.32 Å². The summed E-state index contributed by atoms with van der Waals surface area (Å²) in [6.45, 7) is 1.86. The van der Waals surface area contributed by atoms with Gasteiger partial charge in [-0.1, -0.05) is 66.2 Å². The molecule has 36 heavy (non-hydrogen) atoms. The number of hydrogen-bond donors (Lipinski definition) is 2. The fourth-order valence-corrected chi connectivity index (χ4v) is 4.22. The van der Waals surface area contributed by atoms with Crippen LogP contribution in [0.3, 0.4) is 0 Å². The predicted octanol–water partition coefficient (Wildman–Crippen LogP) is 7.37. The second kappa shape index (κ2) is 10.4. The molecule has 2 N–H and O–H groups in total. The number of nitrogens with one attached hydrogen (secondary N) is 2. The number of amides is 2. The number of benzene rings is 3. The molecule has 0 radical (unpaired) electrons. The molecule has 0 saturated carbocycles. The van der Waals surface area contributed by atoms with E-state index in [-0.39, 0.29) is 12.0 Å². The second-order valence-electron chi connectivity index (χ2n) is 8.46. The van der Waals surface area contributed by atoms with Crippen molar-refractivity contribution in [3.8, 4) is 0 Å². The molecule has 0 spiro atoms. The van der Waals surface area contributed by atoms with E-state index in [4.69, 9.17) is 11.6 Å². The van der Waals surface area contributed by atoms with Gasteiger partial charge >= 0.3 is 12.2 Å². The number of hydrogen-bond acceptors (Lipinski definition) is 2. The van der Waals surface area contributed by atoms with E-state index in [1.165, 1.54) is 6.07 Å². The number of alkyl halides is 3. The normalized spacial score (nSPS) is 13.0. The van der Waals surface area contributed by atoms with Gasteiger partial charge in [-0.3, -0.25) is 4.98 Å². The largest absolute Gasteiger partial charge is 0.416 e. The molecule has 4 aromatic rings. The molecular formula is C28H23ClF3N3O. The molecule has 4 nitrogen and oxygen atoms in total. The van der Waals surface area contributed by atoms with Crippen LogP contribution < -0.4 is 10.6 Å². The SMILES string of the molecule is Cc1ccc(C(Cc2ccccc2)(NC(=O)Nc2cccc(Cl)c2)c2cccc(C(F)(F)F)c2)nc1. The summed E-state index contributed by atoms with van der Waals surface area (Å²) in [5.41, 5.74) is 0.534. The van der Waals surface area contributed by atoms with E-state index in [1.54, 1.807) is 42.6 Å². The van der Waals surface area contributed by atoms with E-state index in [1.807, 2.05) is 43.3 Å². The van der Waals surface area contributed by atoms with Gasteiger partial charge in [-0.05, 0) is 60.0 Å². The molecule has 3 aromatic carbocycles. The van der Waals surface area contributed by atoms with Gasteiger partial charge < -0.3 is 10.6 Å². The van der Waals surface area contributed by atoms with Crippen LogP contribution in [0.4, 0.5) is 23.7 Å². The highest BCUT2D eigenvalue weighted by Gasteiger charge is 2.40. The van der Waals surface area contributed by atoms with Crippen LogP contribution >= 0.6 is 11.6 Å². The van der Waals surface area contributed by atoms with Gasteiger partial charge in [0.25, 0.3) is 0 Å². The Balaban J connectivity index is 1.87. The van der Waals surface area contributed by atoms with Crippen LogP contribution in [0.1, 0.15) is 27.9 Å². The van der Waals surface area contributed by atoms with Crippen molar-refractivity contribution in [2.45, 2.75) is 25.1 Å². The summed E-state index contributed by atoms with van der Waals surface area (Å²) in [5, 5.41) is 6.12. The topological polar surface area (TPSA) is 54.0 Å². The third-order valence-electron chi connectivity index (χ3n) is 5.75. The molecule has 1 heterocycles. The van der Waals surface area contributed by atoms with Crippen LogP contribution in [0, 0.1) is 6.92 Å². The van der Waals surface area contributed by atoms with Crippen LogP contribution in [0.2, 0.25) is 5.02 Å². The number of anilines is 1. The Morgan fingerprint density at radius 3 is 2.28 bits per heavy atom. The Hall–Kier alpha value is -3.84. The summed E-state index contributed by atoms with van der Waals surface area (Å²) in [7, 11) is 0. The maximum Gasteiger partial charge on any atom is 0.416 e. The van der Waals surface area contributed by atoms with Crippen LogP contribution in [0.15, 0.2) is 97.2 Å². The number of rotatable bonds is 6. The lowest BCUT2D eigenvalue weighted by Gasteiger charge is -2.36. The van der Waals surface area contributed by atoms with Crippen molar-refractivity contribution in [1.82, 2.24) is 10.3 Å². The highest BCUT2D eigenvalue weighted by atomic mass is 35.5. The highest BCUT2D eigenvalue weighted by Crippen LogP contribution is 2.37. The molecule has 0 aliphatic rings. The van der Waals surface area contributed by atoms with Crippen LogP contribution in [0.5, 0.6) is 0 Å². The van der Waals surface area contributed by atoms with E-state index in [0.29, 0.717) is 16.4 Å². The Morgan fingerprint density at radius 1 is 0.889 bits per heavy atom. The molecule has 1 unspecified atom stereocenters. The van der Waals surface area contributed by atoms with Gasteiger partial charge in [-0.25, -0.2) is 4.79 Å². The number of aryl methyl sites for hydroxylation is 1. The van der Waals surface area contributed by atoms with Crippen molar-refractivity contribution < 1.29 is 18.0 Å². The van der Waals surface area contributed by atoms with E-state index in [2.05, 4.69) is 15.6 Å². The smallest absolute Gasteiger partial charge is 0.322 e. The monoisotopic (exact) mass is 509 g/mol. The third-order valence-corrected chi connectivity index (χ3v) is 5.99. The van der Waals surface area contributed by atoms with E-state index >= 15 is 0 Å². The molecule has 2 amide bonds. The molecule has 0 aliphatic carbocycles. The molecule has 0 fully saturated rings. The number of urea groups is 1. The Labute approximate surface area is 212 Å². The minimum Gasteiger partial charge on any atom is -0.322 e. The van der Waals surface area contributed by atoms with Gasteiger partial charge in [0.15, 0.2) is 0 Å². The zero-order valence-corrected chi connectivity index (χ0v) is 20.1. The first-order valence-electron chi connectivity index (χ1n) is 11.2. The minimum absolute atomic E-state index is 0.161. The molecule has 1 aromatic heterocycles. The first kappa shape index (κ1) is 25.3. The Bertz CT molecular complexity index is 1340. The lowest BCUT2D eigenvalue weighted by molar-refractivity contribution is -0.137. The zero-order valence-electron chi connectivity index (χ0n) is 19.3. The molecule has 0 saturated heterocycles. The van der Waals surface area contributed by atoms with Crippen LogP contribution in [-0.4, -0.2) is 11.0 Å². The minimum atomic E-state index is -4.56. The molecule has 8 heteroatoms. The molecule has 1 atom stereocenters. The average molecular weight is 510 g/mol. The van der Waals surface area contributed by atoms with Crippen molar-refractivity contribution in [3.05, 3.63) is 130 Å². The third kappa shape index (κ3) is 5.86. The zero-order chi connectivity index (χ0) is 25.8. The standard InChI is InChI=1S/C28H23ClF3N3O/c1-19-13-14-25(33-18-19)27(17-20-7-3-2-4-8-20,21-9-5-10-22(15-21)28(30,31)32)35-26(36)34-24-12-6-11-23(29)16-24/h2-16,18H,17H2,1H3,(H2,34,35,36). The van der Waals surface area contributed by atoms with Gasteiger partial charge in [0.05, 0.1) is 11.3 Å². The van der Waals surface area contributed by atoms with Crippen molar-refractivity contribution in [1.29, 1.82) is 0 Å². The number of pyridine rings is 1. The summed E-state index contributed by atoms with van der Waals surface area (Å²) >= 11 is 6.05. The predicted molar refractivity (Wildman–Crippen MR) is 135 cm³/mol. The van der Waals surface area contributed by atoms with Crippen molar-refractivity contribution >= 4 is 23.3 Å². The Kier molecular flexibility index (Phi) is 7.31. The first-order chi connectivity index (χ1) is 17.2. The summed E-state index contributed by atoms with van der Waals surface area (Å²) in [5.74, 6) is 0. The number of nitrogens with zero attached hydrogens (tertiary/aromatic N) is 1. The lowest BCUT2D eigenvalue weighted by atomic mass is 9.80. The van der Waals surface area contributed by atoms with E-state index in [9.17, 15) is 18.0 Å². The summed E-state index contributed by atoms with van der Waals surface area (Å²) in [6.07, 6.45) is -2.77.